The van der Waals surface area contributed by atoms with Crippen molar-refractivity contribution in [2.24, 2.45) is 0 Å². The summed E-state index contributed by atoms with van der Waals surface area (Å²) in [5, 5.41) is 8.89. The average molecular weight is 144 g/mol. The molecule has 1 N–H and O–H groups in total. The van der Waals surface area contributed by atoms with Crippen molar-refractivity contribution in [3.63, 3.8) is 0 Å². The maximum Gasteiger partial charge on any atom is 0.0951 e. The van der Waals surface area contributed by atoms with Crippen LogP contribution >= 0.6 is 0 Å². The summed E-state index contributed by atoms with van der Waals surface area (Å²) in [5.74, 6) is 0. The Morgan fingerprint density at radius 2 is 2.10 bits per heavy atom. The lowest BCUT2D eigenvalue weighted by molar-refractivity contribution is 0.118. The zero-order chi connectivity index (χ0) is 7.98. The molecule has 0 saturated heterocycles. The minimum atomic E-state index is -0.226. The van der Waals surface area contributed by atoms with E-state index in [4.69, 9.17) is 9.84 Å². The van der Waals surface area contributed by atoms with Crippen LogP contribution in [0.5, 0.6) is 0 Å². The topological polar surface area (TPSA) is 29.5 Å². The van der Waals surface area contributed by atoms with E-state index in [2.05, 4.69) is 6.58 Å². The first-order chi connectivity index (χ1) is 4.66. The molecule has 0 heterocycles. The Labute approximate surface area is 62.5 Å². The van der Waals surface area contributed by atoms with Crippen LogP contribution in [0.25, 0.3) is 0 Å². The Balaban J connectivity index is 3.20. The van der Waals surface area contributed by atoms with Gasteiger partial charge >= 0.3 is 0 Å². The zero-order valence-corrected chi connectivity index (χ0v) is 6.71. The molecule has 0 aromatic rings. The van der Waals surface area contributed by atoms with E-state index in [0.717, 1.165) is 12.8 Å². The average Bonchev–Trinajstić information content (AvgIpc) is 1.85. The molecular formula is C8H16O2. The van der Waals surface area contributed by atoms with E-state index >= 15 is 0 Å². The molecule has 10 heavy (non-hydrogen) atoms. The minimum absolute atomic E-state index is 0.173. The molecule has 0 amide bonds. The number of hydrogen-bond acceptors (Lipinski definition) is 2. The van der Waals surface area contributed by atoms with Crippen LogP contribution in [0.1, 0.15) is 26.7 Å². The highest BCUT2D eigenvalue weighted by molar-refractivity contribution is 4.59. The molecule has 0 fully saturated rings. The van der Waals surface area contributed by atoms with Crippen LogP contribution < -0.4 is 0 Å². The van der Waals surface area contributed by atoms with Crippen molar-refractivity contribution in [2.75, 3.05) is 0 Å². The second-order valence-electron chi connectivity index (χ2n) is 2.54. The Hall–Kier alpha value is -0.500. The Morgan fingerprint density at radius 1 is 1.50 bits per heavy atom. The third-order valence-corrected chi connectivity index (χ3v) is 1.32. The van der Waals surface area contributed by atoms with Crippen molar-refractivity contribution in [3.05, 3.63) is 12.8 Å². The highest BCUT2D eigenvalue weighted by Gasteiger charge is 2.02. The molecule has 0 saturated carbocycles. The number of rotatable bonds is 5. The third kappa shape index (κ3) is 5.63. The van der Waals surface area contributed by atoms with E-state index in [1.54, 1.807) is 6.92 Å². The predicted octanol–water partition coefficient (Wildman–Crippen LogP) is 1.70. The molecule has 0 spiro atoms. The molecule has 2 atom stereocenters. The van der Waals surface area contributed by atoms with Crippen molar-refractivity contribution < 1.29 is 9.84 Å². The van der Waals surface area contributed by atoms with Gasteiger partial charge in [0.25, 0.3) is 0 Å². The van der Waals surface area contributed by atoms with E-state index in [1.807, 2.05) is 6.92 Å². The van der Waals surface area contributed by atoms with Gasteiger partial charge in [0.05, 0.1) is 18.5 Å². The maximum atomic E-state index is 8.89. The predicted molar refractivity (Wildman–Crippen MR) is 41.7 cm³/mol. The highest BCUT2D eigenvalue weighted by atomic mass is 16.5. The van der Waals surface area contributed by atoms with Crippen molar-refractivity contribution in [1.29, 1.82) is 0 Å². The summed E-state index contributed by atoms with van der Waals surface area (Å²) in [6, 6.07) is 0. The number of aliphatic hydroxyl groups is 1. The van der Waals surface area contributed by atoms with Crippen molar-refractivity contribution in [3.8, 4) is 0 Å². The first kappa shape index (κ1) is 9.50. The van der Waals surface area contributed by atoms with Gasteiger partial charge in [0.1, 0.15) is 0 Å². The molecule has 0 aliphatic heterocycles. The summed E-state index contributed by atoms with van der Waals surface area (Å²) >= 11 is 0. The highest BCUT2D eigenvalue weighted by Crippen LogP contribution is 2.03. The van der Waals surface area contributed by atoms with Crippen LogP contribution in [0.15, 0.2) is 12.8 Å². The molecule has 0 bridgehead atoms. The first-order valence-corrected chi connectivity index (χ1v) is 3.61. The Kier molecular flexibility index (Phi) is 5.03. The molecule has 0 aromatic heterocycles. The lowest BCUT2D eigenvalue weighted by Crippen LogP contribution is -2.08. The molecule has 0 aliphatic carbocycles. The van der Waals surface area contributed by atoms with Crippen LogP contribution in [-0.4, -0.2) is 17.3 Å². The van der Waals surface area contributed by atoms with Crippen LogP contribution in [0.4, 0.5) is 0 Å². The molecule has 0 radical (unpaired) electrons. The largest absolute Gasteiger partial charge is 0.499 e. The lowest BCUT2D eigenvalue weighted by Gasteiger charge is -2.11. The normalized spacial score (nSPS) is 15.9. The van der Waals surface area contributed by atoms with E-state index in [0.29, 0.717) is 0 Å². The summed E-state index contributed by atoms with van der Waals surface area (Å²) in [7, 11) is 0. The van der Waals surface area contributed by atoms with Crippen molar-refractivity contribution in [1.82, 2.24) is 0 Å². The van der Waals surface area contributed by atoms with Gasteiger partial charge in [-0.05, 0) is 26.7 Å². The van der Waals surface area contributed by atoms with Gasteiger partial charge in [0.2, 0.25) is 0 Å². The fraction of sp³-hybridized carbons (Fsp3) is 0.750. The van der Waals surface area contributed by atoms with Gasteiger partial charge in [-0.2, -0.15) is 0 Å². The molecule has 60 valence electrons. The van der Waals surface area contributed by atoms with Gasteiger partial charge in [-0.1, -0.05) is 6.58 Å². The van der Waals surface area contributed by atoms with Crippen LogP contribution in [0, 0.1) is 0 Å². The van der Waals surface area contributed by atoms with Gasteiger partial charge in [0.15, 0.2) is 0 Å². The van der Waals surface area contributed by atoms with Gasteiger partial charge in [0, 0.05) is 0 Å². The Morgan fingerprint density at radius 3 is 2.50 bits per heavy atom. The quantitative estimate of drug-likeness (QED) is 0.595. The van der Waals surface area contributed by atoms with Gasteiger partial charge in [-0.15, -0.1) is 0 Å². The van der Waals surface area contributed by atoms with Gasteiger partial charge in [-0.3, -0.25) is 0 Å². The smallest absolute Gasteiger partial charge is 0.0951 e. The minimum Gasteiger partial charge on any atom is -0.499 e. The Bertz CT molecular complexity index is 89.3. The van der Waals surface area contributed by atoms with Crippen LogP contribution in [0.2, 0.25) is 0 Å². The van der Waals surface area contributed by atoms with Crippen LogP contribution in [-0.2, 0) is 4.74 Å². The van der Waals surface area contributed by atoms with Gasteiger partial charge < -0.3 is 9.84 Å². The summed E-state index contributed by atoms with van der Waals surface area (Å²) in [5.41, 5.74) is 0. The van der Waals surface area contributed by atoms with E-state index in [-0.39, 0.29) is 12.2 Å². The molecule has 0 rings (SSSR count). The van der Waals surface area contributed by atoms with E-state index < -0.39 is 0 Å². The number of ether oxygens (including phenoxy) is 1. The summed E-state index contributed by atoms with van der Waals surface area (Å²) in [6.45, 7) is 7.18. The maximum absolute atomic E-state index is 8.89. The summed E-state index contributed by atoms with van der Waals surface area (Å²) in [4.78, 5) is 0. The molecule has 2 nitrogen and oxygen atoms in total. The monoisotopic (exact) mass is 144 g/mol. The molecule has 2 heteroatoms. The second kappa shape index (κ2) is 5.30. The zero-order valence-electron chi connectivity index (χ0n) is 6.71. The number of aliphatic hydroxyl groups excluding tert-OH is 1. The first-order valence-electron chi connectivity index (χ1n) is 3.61. The third-order valence-electron chi connectivity index (χ3n) is 1.32. The van der Waals surface area contributed by atoms with Crippen molar-refractivity contribution in [2.45, 2.75) is 38.9 Å². The van der Waals surface area contributed by atoms with E-state index in [9.17, 15) is 0 Å². The molecule has 0 aliphatic rings. The number of hydrogen-bond donors (Lipinski definition) is 1. The molecule has 0 aromatic carbocycles. The summed E-state index contributed by atoms with van der Waals surface area (Å²) < 4.78 is 5.04. The fourth-order valence-electron chi connectivity index (χ4n) is 0.708. The van der Waals surface area contributed by atoms with Crippen LogP contribution in [0.3, 0.4) is 0 Å². The fourth-order valence-corrected chi connectivity index (χ4v) is 0.708. The summed E-state index contributed by atoms with van der Waals surface area (Å²) in [6.07, 6.45) is 3.05. The SMILES string of the molecule is C=COC(C)CCC(C)O. The second-order valence-corrected chi connectivity index (χ2v) is 2.54. The van der Waals surface area contributed by atoms with E-state index in [1.165, 1.54) is 6.26 Å². The molecular weight excluding hydrogens is 128 g/mol. The standard InChI is InChI=1S/C8H16O2/c1-4-10-8(3)6-5-7(2)9/h4,7-9H,1,5-6H2,2-3H3. The molecule has 2 unspecified atom stereocenters. The van der Waals surface area contributed by atoms with Gasteiger partial charge in [-0.25, -0.2) is 0 Å². The lowest BCUT2D eigenvalue weighted by atomic mass is 10.1. The van der Waals surface area contributed by atoms with Crippen molar-refractivity contribution >= 4 is 0 Å².